The standard InChI is InChI=1S/C16H20N2/c1-11-7-8-12(2)14(10-11)16(17)13(3)15-6-4-5-9-18-15/h4-10,13,16H,17H2,1-3H3. The quantitative estimate of drug-likeness (QED) is 0.891. The van der Waals surface area contributed by atoms with Crippen LogP contribution in [-0.4, -0.2) is 4.98 Å². The smallest absolute Gasteiger partial charge is 0.0450 e. The van der Waals surface area contributed by atoms with Crippen molar-refractivity contribution in [2.45, 2.75) is 32.7 Å². The van der Waals surface area contributed by atoms with Crippen LogP contribution >= 0.6 is 0 Å². The van der Waals surface area contributed by atoms with E-state index in [-0.39, 0.29) is 12.0 Å². The molecule has 18 heavy (non-hydrogen) atoms. The maximum atomic E-state index is 6.40. The maximum Gasteiger partial charge on any atom is 0.0450 e. The summed E-state index contributed by atoms with van der Waals surface area (Å²) in [6.07, 6.45) is 1.82. The van der Waals surface area contributed by atoms with E-state index in [2.05, 4.69) is 44.0 Å². The van der Waals surface area contributed by atoms with E-state index in [1.165, 1.54) is 16.7 Å². The Bertz CT molecular complexity index is 520. The second-order valence-electron chi connectivity index (χ2n) is 4.93. The largest absolute Gasteiger partial charge is 0.323 e. The van der Waals surface area contributed by atoms with Crippen LogP contribution in [0.4, 0.5) is 0 Å². The number of aryl methyl sites for hydroxylation is 2. The third-order valence-electron chi connectivity index (χ3n) is 3.49. The molecule has 0 aliphatic carbocycles. The minimum atomic E-state index is -0.0141. The van der Waals surface area contributed by atoms with E-state index < -0.39 is 0 Å². The fourth-order valence-corrected chi connectivity index (χ4v) is 2.22. The molecule has 0 saturated heterocycles. The molecule has 2 heteroatoms. The summed E-state index contributed by atoms with van der Waals surface area (Å²) in [7, 11) is 0. The van der Waals surface area contributed by atoms with Crippen molar-refractivity contribution in [3.05, 3.63) is 65.0 Å². The van der Waals surface area contributed by atoms with Gasteiger partial charge in [-0.1, -0.05) is 36.8 Å². The molecular weight excluding hydrogens is 220 g/mol. The lowest BCUT2D eigenvalue weighted by Crippen LogP contribution is -2.19. The van der Waals surface area contributed by atoms with Crippen molar-refractivity contribution in [1.82, 2.24) is 4.98 Å². The van der Waals surface area contributed by atoms with Gasteiger partial charge in [0.2, 0.25) is 0 Å². The Morgan fingerprint density at radius 3 is 2.56 bits per heavy atom. The minimum absolute atomic E-state index is 0.0141. The van der Waals surface area contributed by atoms with Gasteiger partial charge in [-0.3, -0.25) is 4.98 Å². The predicted molar refractivity (Wildman–Crippen MR) is 75.5 cm³/mol. The summed E-state index contributed by atoms with van der Waals surface area (Å²) in [5.41, 5.74) is 11.2. The third-order valence-corrected chi connectivity index (χ3v) is 3.49. The molecule has 1 aromatic heterocycles. The second kappa shape index (κ2) is 5.32. The lowest BCUT2D eigenvalue weighted by molar-refractivity contribution is 0.581. The molecule has 0 fully saturated rings. The summed E-state index contributed by atoms with van der Waals surface area (Å²) in [4.78, 5) is 4.40. The Kier molecular flexibility index (Phi) is 3.78. The monoisotopic (exact) mass is 240 g/mol. The van der Waals surface area contributed by atoms with Crippen molar-refractivity contribution in [2.75, 3.05) is 0 Å². The summed E-state index contributed by atoms with van der Waals surface area (Å²) in [5.74, 6) is 0.215. The average Bonchev–Trinajstić information content (AvgIpc) is 2.41. The van der Waals surface area contributed by atoms with Crippen LogP contribution in [0.25, 0.3) is 0 Å². The van der Waals surface area contributed by atoms with Crippen LogP contribution in [0.5, 0.6) is 0 Å². The molecular formula is C16H20N2. The van der Waals surface area contributed by atoms with Crippen LogP contribution in [0, 0.1) is 13.8 Å². The molecule has 1 aromatic carbocycles. The van der Waals surface area contributed by atoms with Crippen molar-refractivity contribution in [3.8, 4) is 0 Å². The molecule has 2 aromatic rings. The topological polar surface area (TPSA) is 38.9 Å². The van der Waals surface area contributed by atoms with Gasteiger partial charge in [0, 0.05) is 23.9 Å². The van der Waals surface area contributed by atoms with Gasteiger partial charge in [0.25, 0.3) is 0 Å². The molecule has 0 spiro atoms. The zero-order valence-corrected chi connectivity index (χ0v) is 11.2. The highest BCUT2D eigenvalue weighted by atomic mass is 14.7. The molecule has 0 amide bonds. The highest BCUT2D eigenvalue weighted by Crippen LogP contribution is 2.29. The first-order valence-corrected chi connectivity index (χ1v) is 6.33. The van der Waals surface area contributed by atoms with Gasteiger partial charge >= 0.3 is 0 Å². The molecule has 0 radical (unpaired) electrons. The molecule has 2 N–H and O–H groups in total. The first kappa shape index (κ1) is 12.8. The van der Waals surface area contributed by atoms with Gasteiger partial charge in [-0.2, -0.15) is 0 Å². The van der Waals surface area contributed by atoms with Gasteiger partial charge in [-0.05, 0) is 37.1 Å². The van der Waals surface area contributed by atoms with Crippen molar-refractivity contribution >= 4 is 0 Å². The van der Waals surface area contributed by atoms with Gasteiger partial charge in [-0.25, -0.2) is 0 Å². The number of hydrogen-bond acceptors (Lipinski definition) is 2. The molecule has 2 rings (SSSR count). The molecule has 0 aliphatic heterocycles. The number of nitrogens with two attached hydrogens (primary N) is 1. The number of aromatic nitrogens is 1. The molecule has 1 heterocycles. The van der Waals surface area contributed by atoms with Crippen LogP contribution in [0.2, 0.25) is 0 Å². The summed E-state index contributed by atoms with van der Waals surface area (Å²) in [6, 6.07) is 12.4. The minimum Gasteiger partial charge on any atom is -0.323 e. The van der Waals surface area contributed by atoms with E-state index in [9.17, 15) is 0 Å². The fourth-order valence-electron chi connectivity index (χ4n) is 2.22. The van der Waals surface area contributed by atoms with E-state index in [1.807, 2.05) is 24.4 Å². The summed E-state index contributed by atoms with van der Waals surface area (Å²) in [6.45, 7) is 6.34. The predicted octanol–water partition coefficient (Wildman–Crippen LogP) is 3.50. The maximum absolute atomic E-state index is 6.40. The Morgan fingerprint density at radius 2 is 1.89 bits per heavy atom. The first-order valence-electron chi connectivity index (χ1n) is 6.33. The molecule has 0 aliphatic rings. The SMILES string of the molecule is Cc1ccc(C)c(C(N)C(C)c2ccccn2)c1. The van der Waals surface area contributed by atoms with Crippen molar-refractivity contribution in [1.29, 1.82) is 0 Å². The Morgan fingerprint density at radius 1 is 1.11 bits per heavy atom. The number of nitrogens with zero attached hydrogens (tertiary/aromatic N) is 1. The Hall–Kier alpha value is -1.67. The van der Waals surface area contributed by atoms with E-state index in [0.29, 0.717) is 0 Å². The van der Waals surface area contributed by atoms with Crippen molar-refractivity contribution < 1.29 is 0 Å². The molecule has 0 bridgehead atoms. The number of hydrogen-bond donors (Lipinski definition) is 1. The van der Waals surface area contributed by atoms with Crippen LogP contribution in [0.3, 0.4) is 0 Å². The molecule has 0 saturated carbocycles. The zero-order chi connectivity index (χ0) is 13.1. The lowest BCUT2D eigenvalue weighted by Gasteiger charge is -2.22. The highest BCUT2D eigenvalue weighted by Gasteiger charge is 2.19. The summed E-state index contributed by atoms with van der Waals surface area (Å²) in [5, 5.41) is 0. The van der Waals surface area contributed by atoms with Gasteiger partial charge in [0.15, 0.2) is 0 Å². The summed E-state index contributed by atoms with van der Waals surface area (Å²) >= 11 is 0. The highest BCUT2D eigenvalue weighted by molar-refractivity contribution is 5.34. The van der Waals surface area contributed by atoms with Crippen LogP contribution < -0.4 is 5.73 Å². The van der Waals surface area contributed by atoms with Crippen molar-refractivity contribution in [3.63, 3.8) is 0 Å². The second-order valence-corrected chi connectivity index (χ2v) is 4.93. The van der Waals surface area contributed by atoms with Crippen LogP contribution in [-0.2, 0) is 0 Å². The van der Waals surface area contributed by atoms with Gasteiger partial charge in [0.05, 0.1) is 0 Å². The van der Waals surface area contributed by atoms with E-state index in [4.69, 9.17) is 5.73 Å². The van der Waals surface area contributed by atoms with Gasteiger partial charge in [0.1, 0.15) is 0 Å². The number of pyridine rings is 1. The lowest BCUT2D eigenvalue weighted by atomic mass is 9.89. The normalized spacial score (nSPS) is 14.2. The van der Waals surface area contributed by atoms with Gasteiger partial charge < -0.3 is 5.73 Å². The fraction of sp³-hybridized carbons (Fsp3) is 0.312. The molecule has 2 unspecified atom stereocenters. The molecule has 2 nitrogen and oxygen atoms in total. The van der Waals surface area contributed by atoms with E-state index >= 15 is 0 Å². The Labute approximate surface area is 109 Å². The average molecular weight is 240 g/mol. The summed E-state index contributed by atoms with van der Waals surface area (Å²) < 4.78 is 0. The van der Waals surface area contributed by atoms with Crippen molar-refractivity contribution in [2.24, 2.45) is 5.73 Å². The number of rotatable bonds is 3. The number of benzene rings is 1. The first-order chi connectivity index (χ1) is 8.59. The molecule has 2 atom stereocenters. The van der Waals surface area contributed by atoms with Crippen LogP contribution in [0.1, 0.15) is 41.3 Å². The van der Waals surface area contributed by atoms with E-state index in [1.54, 1.807) is 0 Å². The van der Waals surface area contributed by atoms with Crippen LogP contribution in [0.15, 0.2) is 42.6 Å². The van der Waals surface area contributed by atoms with E-state index in [0.717, 1.165) is 5.69 Å². The molecule has 94 valence electrons. The Balaban J connectivity index is 2.31. The third kappa shape index (κ3) is 2.59. The zero-order valence-electron chi connectivity index (χ0n) is 11.2. The van der Waals surface area contributed by atoms with Gasteiger partial charge in [-0.15, -0.1) is 0 Å².